The third-order valence-electron chi connectivity index (χ3n) is 3.26. The number of hydrogen-bond acceptors (Lipinski definition) is 3. The molecule has 2 N–H and O–H groups in total. The Morgan fingerprint density at radius 2 is 2.11 bits per heavy atom. The molecule has 0 amide bonds. The van der Waals surface area contributed by atoms with Gasteiger partial charge in [0.1, 0.15) is 11.3 Å². The lowest BCUT2D eigenvalue weighted by Gasteiger charge is -2.22. The molecule has 2 rings (SSSR count). The molecule has 102 valence electrons. The Bertz CT molecular complexity index is 584. The van der Waals surface area contributed by atoms with Crippen LogP contribution in [0.5, 0.6) is 0 Å². The highest BCUT2D eigenvalue weighted by molar-refractivity contribution is 5.91. The Labute approximate surface area is 112 Å². The molecule has 0 fully saturated rings. The number of halogens is 1. The lowest BCUT2D eigenvalue weighted by Crippen LogP contribution is -2.29. The smallest absolute Gasteiger partial charge is 0.149 e. The normalized spacial score (nSPS) is 12.9. The molecule has 1 aromatic heterocycles. The van der Waals surface area contributed by atoms with Crippen molar-refractivity contribution in [3.05, 3.63) is 35.8 Å². The minimum absolute atomic E-state index is 0.0375. The summed E-state index contributed by atoms with van der Waals surface area (Å²) in [5.41, 5.74) is 1.93. The van der Waals surface area contributed by atoms with Crippen molar-refractivity contribution in [3.63, 3.8) is 0 Å². The molecule has 3 nitrogen and oxygen atoms in total. The van der Waals surface area contributed by atoms with Crippen LogP contribution in [-0.2, 0) is 0 Å². The number of nitrogens with zero attached hydrogens (tertiary/aromatic N) is 1. The second kappa shape index (κ2) is 5.53. The van der Waals surface area contributed by atoms with Gasteiger partial charge in [-0.25, -0.2) is 9.37 Å². The van der Waals surface area contributed by atoms with Crippen molar-refractivity contribution in [1.82, 2.24) is 4.98 Å². The Balaban J connectivity index is 2.50. The predicted octanol–water partition coefficient (Wildman–Crippen LogP) is 3.11. The number of rotatable bonds is 4. The number of benzene rings is 1. The minimum atomic E-state index is -0.325. The second-order valence-corrected chi connectivity index (χ2v) is 5.12. The molecule has 2 aromatic rings. The van der Waals surface area contributed by atoms with Crippen LogP contribution in [0.25, 0.3) is 10.9 Å². The number of fused-ring (bicyclic) bond motifs is 1. The fourth-order valence-corrected chi connectivity index (χ4v) is 2.08. The molecule has 0 unspecified atom stereocenters. The first-order valence-corrected chi connectivity index (χ1v) is 6.46. The molecule has 1 atom stereocenters. The predicted molar refractivity (Wildman–Crippen MR) is 75.8 cm³/mol. The van der Waals surface area contributed by atoms with Crippen LogP contribution in [0.2, 0.25) is 0 Å². The number of aliphatic hydroxyl groups excluding tert-OH is 1. The van der Waals surface area contributed by atoms with Gasteiger partial charge < -0.3 is 10.4 Å². The maximum atomic E-state index is 13.8. The first-order valence-electron chi connectivity index (χ1n) is 6.46. The summed E-state index contributed by atoms with van der Waals surface area (Å²) in [6.45, 7) is 5.94. The van der Waals surface area contributed by atoms with E-state index in [1.54, 1.807) is 6.07 Å². The van der Waals surface area contributed by atoms with Gasteiger partial charge in [0.25, 0.3) is 0 Å². The van der Waals surface area contributed by atoms with E-state index in [9.17, 15) is 9.50 Å². The fourth-order valence-electron chi connectivity index (χ4n) is 2.08. The lowest BCUT2D eigenvalue weighted by molar-refractivity contribution is 0.249. The molecule has 0 radical (unpaired) electrons. The monoisotopic (exact) mass is 262 g/mol. The van der Waals surface area contributed by atoms with Gasteiger partial charge in [-0.3, -0.25) is 0 Å². The van der Waals surface area contributed by atoms with Gasteiger partial charge in [-0.15, -0.1) is 0 Å². The van der Waals surface area contributed by atoms with Crippen LogP contribution in [0.4, 0.5) is 10.1 Å². The molecule has 0 spiro atoms. The van der Waals surface area contributed by atoms with Crippen molar-refractivity contribution in [2.45, 2.75) is 26.8 Å². The highest BCUT2D eigenvalue weighted by Crippen LogP contribution is 2.26. The first-order chi connectivity index (χ1) is 9.02. The fraction of sp³-hybridized carbons (Fsp3) is 0.400. The number of hydrogen-bond donors (Lipinski definition) is 2. The van der Waals surface area contributed by atoms with Gasteiger partial charge >= 0.3 is 0 Å². The van der Waals surface area contributed by atoms with Crippen LogP contribution in [-0.4, -0.2) is 22.7 Å². The van der Waals surface area contributed by atoms with E-state index in [0.717, 1.165) is 16.8 Å². The van der Waals surface area contributed by atoms with E-state index in [0.29, 0.717) is 5.52 Å². The van der Waals surface area contributed by atoms with E-state index in [1.807, 2.05) is 32.9 Å². The average Bonchev–Trinajstić information content (AvgIpc) is 2.36. The second-order valence-electron chi connectivity index (χ2n) is 5.12. The van der Waals surface area contributed by atoms with Crippen molar-refractivity contribution < 1.29 is 9.50 Å². The summed E-state index contributed by atoms with van der Waals surface area (Å²) >= 11 is 0. The summed E-state index contributed by atoms with van der Waals surface area (Å²) in [5.74, 6) is -0.0450. The molecule has 1 heterocycles. The van der Waals surface area contributed by atoms with Gasteiger partial charge in [0, 0.05) is 16.8 Å². The number of aromatic nitrogens is 1. The third kappa shape index (κ3) is 2.84. The van der Waals surface area contributed by atoms with E-state index in [1.165, 1.54) is 6.07 Å². The van der Waals surface area contributed by atoms with Crippen LogP contribution in [0, 0.1) is 18.7 Å². The molecule has 0 aliphatic carbocycles. The van der Waals surface area contributed by atoms with Gasteiger partial charge in [0.05, 0.1) is 12.6 Å². The van der Waals surface area contributed by atoms with Crippen LogP contribution < -0.4 is 5.32 Å². The maximum Gasteiger partial charge on any atom is 0.149 e. The van der Waals surface area contributed by atoms with Crippen LogP contribution in [0.3, 0.4) is 0 Å². The topological polar surface area (TPSA) is 45.1 Å². The Hall–Kier alpha value is -1.68. The Morgan fingerprint density at radius 3 is 2.74 bits per heavy atom. The van der Waals surface area contributed by atoms with Gasteiger partial charge in [0.2, 0.25) is 0 Å². The zero-order valence-corrected chi connectivity index (χ0v) is 11.4. The van der Waals surface area contributed by atoms with Crippen LogP contribution in [0.15, 0.2) is 24.3 Å². The quantitative estimate of drug-likeness (QED) is 0.890. The van der Waals surface area contributed by atoms with Crippen molar-refractivity contribution in [2.24, 2.45) is 5.92 Å². The summed E-state index contributed by atoms with van der Waals surface area (Å²) in [6.07, 6.45) is 0. The molecule has 19 heavy (non-hydrogen) atoms. The van der Waals surface area contributed by atoms with Gasteiger partial charge in [-0.1, -0.05) is 26.0 Å². The highest BCUT2D eigenvalue weighted by Gasteiger charge is 2.14. The maximum absolute atomic E-state index is 13.8. The molecule has 0 bridgehead atoms. The molecule has 4 heteroatoms. The van der Waals surface area contributed by atoms with Gasteiger partial charge in [-0.2, -0.15) is 0 Å². The molecule has 0 saturated heterocycles. The van der Waals surface area contributed by atoms with Crippen LogP contribution in [0.1, 0.15) is 19.5 Å². The molecule has 0 aliphatic heterocycles. The molecular formula is C15H19FN2O. The van der Waals surface area contributed by atoms with E-state index in [4.69, 9.17) is 0 Å². The SMILES string of the molecule is Cc1cc(N[C@H](CO)C(C)C)c2cccc(F)c2n1. The number of para-hydroxylation sites is 1. The van der Waals surface area contributed by atoms with Crippen molar-refractivity contribution in [3.8, 4) is 0 Å². The van der Waals surface area contributed by atoms with E-state index >= 15 is 0 Å². The average molecular weight is 262 g/mol. The zero-order chi connectivity index (χ0) is 14.0. The standard InChI is InChI=1S/C15H19FN2O/c1-9(2)14(8-19)18-13-7-10(3)17-15-11(13)5-4-6-12(15)16/h4-7,9,14,19H,8H2,1-3H3,(H,17,18)/t14-/m1/s1. The summed E-state index contributed by atoms with van der Waals surface area (Å²) in [7, 11) is 0. The Morgan fingerprint density at radius 1 is 1.37 bits per heavy atom. The lowest BCUT2D eigenvalue weighted by atomic mass is 10.0. The first kappa shape index (κ1) is 13.7. The number of aryl methyl sites for hydroxylation is 1. The summed E-state index contributed by atoms with van der Waals surface area (Å²) in [6, 6.07) is 6.73. The number of pyridine rings is 1. The van der Waals surface area contributed by atoms with Crippen molar-refractivity contribution >= 4 is 16.6 Å². The zero-order valence-electron chi connectivity index (χ0n) is 11.4. The van der Waals surface area contributed by atoms with Crippen molar-refractivity contribution in [1.29, 1.82) is 0 Å². The number of aliphatic hydroxyl groups is 1. The highest BCUT2D eigenvalue weighted by atomic mass is 19.1. The number of nitrogens with one attached hydrogen (secondary N) is 1. The van der Waals surface area contributed by atoms with E-state index in [-0.39, 0.29) is 24.4 Å². The molecular weight excluding hydrogens is 243 g/mol. The summed E-state index contributed by atoms with van der Waals surface area (Å²) in [4.78, 5) is 4.24. The van der Waals surface area contributed by atoms with Crippen molar-refractivity contribution in [2.75, 3.05) is 11.9 Å². The largest absolute Gasteiger partial charge is 0.394 e. The summed E-state index contributed by atoms with van der Waals surface area (Å²) < 4.78 is 13.8. The van der Waals surface area contributed by atoms with E-state index in [2.05, 4.69) is 10.3 Å². The van der Waals surface area contributed by atoms with Crippen LogP contribution >= 0.6 is 0 Å². The molecule has 0 aliphatic rings. The third-order valence-corrected chi connectivity index (χ3v) is 3.26. The molecule has 1 aromatic carbocycles. The number of anilines is 1. The minimum Gasteiger partial charge on any atom is -0.394 e. The molecule has 0 saturated carbocycles. The van der Waals surface area contributed by atoms with Gasteiger partial charge in [0.15, 0.2) is 0 Å². The Kier molecular flexibility index (Phi) is 4.00. The van der Waals surface area contributed by atoms with Gasteiger partial charge in [-0.05, 0) is 25.0 Å². The summed E-state index contributed by atoms with van der Waals surface area (Å²) in [5, 5.41) is 13.4. The van der Waals surface area contributed by atoms with E-state index < -0.39 is 0 Å².